The standard InChI is InChI=1S/C22H27NO3/c1-5-6-19(24)23-13-11-22(12-14-23)20(25)17-15-16(7-8-18(17)26-22)9-10-21(2,3)4/h7-8,15H,5-6,11-14H2,1-4H3. The second-order valence-corrected chi connectivity index (χ2v) is 8.27. The summed E-state index contributed by atoms with van der Waals surface area (Å²) >= 11 is 0. The first-order valence-electron chi connectivity index (χ1n) is 9.43. The van der Waals surface area contributed by atoms with Crippen LogP contribution in [0, 0.1) is 17.3 Å². The van der Waals surface area contributed by atoms with Crippen molar-refractivity contribution in [3.05, 3.63) is 29.3 Å². The first kappa shape index (κ1) is 18.5. The molecule has 1 fully saturated rings. The van der Waals surface area contributed by atoms with Gasteiger partial charge in [0.2, 0.25) is 11.7 Å². The van der Waals surface area contributed by atoms with Gasteiger partial charge in [-0.25, -0.2) is 0 Å². The molecule has 0 N–H and O–H groups in total. The van der Waals surface area contributed by atoms with Gasteiger partial charge in [-0.2, -0.15) is 0 Å². The Balaban J connectivity index is 1.76. The Morgan fingerprint density at radius 3 is 2.58 bits per heavy atom. The fraction of sp³-hybridized carbons (Fsp3) is 0.545. The van der Waals surface area contributed by atoms with Gasteiger partial charge >= 0.3 is 0 Å². The number of nitrogens with zero attached hydrogens (tertiary/aromatic N) is 1. The van der Waals surface area contributed by atoms with E-state index >= 15 is 0 Å². The monoisotopic (exact) mass is 353 g/mol. The van der Waals surface area contributed by atoms with Crippen LogP contribution in [0.2, 0.25) is 0 Å². The van der Waals surface area contributed by atoms with E-state index in [9.17, 15) is 9.59 Å². The number of fused-ring (bicyclic) bond motifs is 1. The molecule has 4 heteroatoms. The van der Waals surface area contributed by atoms with Crippen LogP contribution in [-0.4, -0.2) is 35.3 Å². The van der Waals surface area contributed by atoms with Crippen molar-refractivity contribution in [2.24, 2.45) is 5.41 Å². The molecule has 1 saturated heterocycles. The maximum atomic E-state index is 13.1. The summed E-state index contributed by atoms with van der Waals surface area (Å²) in [5, 5.41) is 0. The van der Waals surface area contributed by atoms with Crippen molar-refractivity contribution in [3.63, 3.8) is 0 Å². The van der Waals surface area contributed by atoms with Gasteiger partial charge in [0.15, 0.2) is 5.60 Å². The summed E-state index contributed by atoms with van der Waals surface area (Å²) in [5.74, 6) is 7.20. The molecular formula is C22H27NO3. The summed E-state index contributed by atoms with van der Waals surface area (Å²) in [7, 11) is 0. The van der Waals surface area contributed by atoms with E-state index in [1.165, 1.54) is 0 Å². The Hall–Kier alpha value is -2.28. The smallest absolute Gasteiger partial charge is 0.222 e. The Morgan fingerprint density at radius 2 is 1.96 bits per heavy atom. The number of piperidine rings is 1. The van der Waals surface area contributed by atoms with E-state index in [0.717, 1.165) is 12.0 Å². The number of benzene rings is 1. The number of Topliss-reactive ketones (excluding diaryl/α,β-unsaturated/α-hetero) is 1. The molecule has 0 aliphatic carbocycles. The highest BCUT2D eigenvalue weighted by molar-refractivity contribution is 6.08. The van der Waals surface area contributed by atoms with E-state index in [1.54, 1.807) is 0 Å². The molecule has 1 amide bonds. The van der Waals surface area contributed by atoms with Crippen molar-refractivity contribution in [1.29, 1.82) is 0 Å². The van der Waals surface area contributed by atoms with E-state index in [-0.39, 0.29) is 17.1 Å². The van der Waals surface area contributed by atoms with Gasteiger partial charge in [0.25, 0.3) is 0 Å². The minimum atomic E-state index is -0.804. The Labute approximate surface area is 155 Å². The number of ether oxygens (including phenoxy) is 1. The fourth-order valence-electron chi connectivity index (χ4n) is 3.45. The molecule has 1 aromatic carbocycles. The van der Waals surface area contributed by atoms with Gasteiger partial charge in [0, 0.05) is 43.3 Å². The summed E-state index contributed by atoms with van der Waals surface area (Å²) in [6, 6.07) is 5.60. The van der Waals surface area contributed by atoms with Crippen molar-refractivity contribution in [2.75, 3.05) is 13.1 Å². The molecule has 0 radical (unpaired) electrons. The number of hydrogen-bond acceptors (Lipinski definition) is 3. The number of carbonyl (C=O) groups excluding carboxylic acids is 2. The summed E-state index contributed by atoms with van der Waals surface area (Å²) in [5.41, 5.74) is 0.572. The Bertz CT molecular complexity index is 784. The topological polar surface area (TPSA) is 46.6 Å². The van der Waals surface area contributed by atoms with Gasteiger partial charge in [-0.3, -0.25) is 9.59 Å². The third-order valence-electron chi connectivity index (χ3n) is 4.91. The summed E-state index contributed by atoms with van der Waals surface area (Å²) in [6.07, 6.45) is 2.52. The molecule has 0 unspecified atom stereocenters. The van der Waals surface area contributed by atoms with Gasteiger partial charge in [-0.05, 0) is 45.4 Å². The van der Waals surface area contributed by atoms with Crippen LogP contribution in [0.4, 0.5) is 0 Å². The summed E-state index contributed by atoms with van der Waals surface area (Å²) < 4.78 is 6.10. The molecule has 3 rings (SSSR count). The van der Waals surface area contributed by atoms with Gasteiger partial charge in [0.05, 0.1) is 5.56 Å². The molecule has 0 saturated carbocycles. The summed E-state index contributed by atoms with van der Waals surface area (Å²) in [4.78, 5) is 27.0. The molecule has 0 aromatic heterocycles. The Morgan fingerprint density at radius 1 is 1.27 bits per heavy atom. The van der Waals surface area contributed by atoms with Crippen molar-refractivity contribution in [1.82, 2.24) is 4.90 Å². The van der Waals surface area contributed by atoms with Crippen LogP contribution in [0.15, 0.2) is 18.2 Å². The average molecular weight is 353 g/mol. The second kappa shape index (κ2) is 6.79. The van der Waals surface area contributed by atoms with E-state index in [4.69, 9.17) is 4.74 Å². The largest absolute Gasteiger partial charge is 0.478 e. The molecule has 2 aliphatic rings. The maximum absolute atomic E-state index is 13.1. The SMILES string of the molecule is CCCC(=O)N1CCC2(CC1)Oc1ccc(C#CC(C)(C)C)cc1C2=O. The quantitative estimate of drug-likeness (QED) is 0.760. The zero-order chi connectivity index (χ0) is 18.9. The van der Waals surface area contributed by atoms with Crippen LogP contribution < -0.4 is 4.74 Å². The average Bonchev–Trinajstić information content (AvgIpc) is 2.85. The van der Waals surface area contributed by atoms with Gasteiger partial charge in [0.1, 0.15) is 5.75 Å². The van der Waals surface area contributed by atoms with Crippen molar-refractivity contribution < 1.29 is 14.3 Å². The first-order valence-corrected chi connectivity index (χ1v) is 9.43. The number of hydrogen-bond donors (Lipinski definition) is 0. The number of amides is 1. The fourth-order valence-corrected chi connectivity index (χ4v) is 3.45. The van der Waals surface area contributed by atoms with Crippen molar-refractivity contribution in [2.45, 2.75) is 59.0 Å². The zero-order valence-corrected chi connectivity index (χ0v) is 16.1. The molecule has 138 valence electrons. The molecule has 4 nitrogen and oxygen atoms in total. The number of likely N-dealkylation sites (tertiary alicyclic amines) is 1. The lowest BCUT2D eigenvalue weighted by Crippen LogP contribution is -2.51. The van der Waals surface area contributed by atoms with Crippen LogP contribution in [0.1, 0.15) is 69.3 Å². The highest BCUT2D eigenvalue weighted by Crippen LogP contribution is 2.41. The van der Waals surface area contributed by atoms with E-state index in [2.05, 4.69) is 32.6 Å². The number of carbonyl (C=O) groups is 2. The van der Waals surface area contributed by atoms with E-state index in [0.29, 0.717) is 43.7 Å². The molecule has 1 aromatic rings. The maximum Gasteiger partial charge on any atom is 0.222 e. The van der Waals surface area contributed by atoms with Crippen LogP contribution in [-0.2, 0) is 4.79 Å². The lowest BCUT2D eigenvalue weighted by Gasteiger charge is -2.37. The van der Waals surface area contributed by atoms with Gasteiger partial charge < -0.3 is 9.64 Å². The molecular weight excluding hydrogens is 326 g/mol. The lowest BCUT2D eigenvalue weighted by atomic mass is 9.85. The molecule has 2 aliphatic heterocycles. The van der Waals surface area contributed by atoms with Gasteiger partial charge in [-0.15, -0.1) is 0 Å². The van der Waals surface area contributed by atoms with Crippen molar-refractivity contribution in [3.8, 4) is 17.6 Å². The van der Waals surface area contributed by atoms with E-state index < -0.39 is 5.60 Å². The van der Waals surface area contributed by atoms with Gasteiger partial charge in [-0.1, -0.05) is 18.8 Å². The Kier molecular flexibility index (Phi) is 4.84. The molecule has 1 spiro atoms. The highest BCUT2D eigenvalue weighted by Gasteiger charge is 2.50. The second-order valence-electron chi connectivity index (χ2n) is 8.27. The number of ketones is 1. The first-order chi connectivity index (χ1) is 12.2. The zero-order valence-electron chi connectivity index (χ0n) is 16.1. The van der Waals surface area contributed by atoms with Crippen LogP contribution in [0.5, 0.6) is 5.75 Å². The minimum Gasteiger partial charge on any atom is -0.478 e. The normalized spacial score (nSPS) is 18.2. The number of rotatable bonds is 2. The molecule has 2 heterocycles. The predicted octanol–water partition coefficient (Wildman–Crippen LogP) is 3.82. The lowest BCUT2D eigenvalue weighted by molar-refractivity contribution is -0.133. The van der Waals surface area contributed by atoms with Crippen molar-refractivity contribution >= 4 is 11.7 Å². The summed E-state index contributed by atoms with van der Waals surface area (Å²) in [6.45, 7) is 9.34. The third kappa shape index (κ3) is 3.62. The molecule has 0 bridgehead atoms. The van der Waals surface area contributed by atoms with Crippen LogP contribution >= 0.6 is 0 Å². The van der Waals surface area contributed by atoms with Crippen LogP contribution in [0.25, 0.3) is 0 Å². The molecule has 26 heavy (non-hydrogen) atoms. The highest BCUT2D eigenvalue weighted by atomic mass is 16.5. The molecule has 0 atom stereocenters. The minimum absolute atomic E-state index is 0.0366. The third-order valence-corrected chi connectivity index (χ3v) is 4.91. The van der Waals surface area contributed by atoms with E-state index in [1.807, 2.05) is 30.0 Å². The van der Waals surface area contributed by atoms with Crippen LogP contribution in [0.3, 0.4) is 0 Å². The predicted molar refractivity (Wildman–Crippen MR) is 101 cm³/mol.